The van der Waals surface area contributed by atoms with E-state index in [9.17, 15) is 27.1 Å². The van der Waals surface area contributed by atoms with Crippen LogP contribution in [-0.2, 0) is 14.6 Å². The molecule has 0 aliphatic heterocycles. The Morgan fingerprint density at radius 2 is 1.65 bits per heavy atom. The summed E-state index contributed by atoms with van der Waals surface area (Å²) < 4.78 is 70.7. The molecule has 1 amide bonds. The first-order chi connectivity index (χ1) is 21.9. The van der Waals surface area contributed by atoms with Gasteiger partial charge in [-0.3, -0.25) is 9.36 Å². The minimum absolute atomic E-state index is 0.174. The Morgan fingerprint density at radius 1 is 0.978 bits per heavy atom. The minimum atomic E-state index is -4.84. The first kappa shape index (κ1) is 34.8. The van der Waals surface area contributed by atoms with Crippen LogP contribution in [0.4, 0.5) is 10.1 Å². The number of sulfonamides is 1. The number of quaternary nitrogens is 2. The molecule has 1 aromatic heterocycles. The number of ether oxygens (including phenoxy) is 2. The highest BCUT2D eigenvalue weighted by Gasteiger charge is 2.22. The van der Waals surface area contributed by atoms with Gasteiger partial charge in [-0.05, 0) is 53.9 Å². The fourth-order valence-corrected chi connectivity index (χ4v) is 7.85. The van der Waals surface area contributed by atoms with Crippen molar-refractivity contribution in [1.82, 2.24) is 4.72 Å². The number of amides is 1. The summed E-state index contributed by atoms with van der Waals surface area (Å²) in [6.07, 6.45) is 0.378. The standard InChI is InChI=1S/C29H31FN5O8PS2/c30-26-16-23(5-3-19(26)17-33)43-44(37,38)18-34-46(39,40)28-14-20-11-22(4-6-27(20)45-28)35-29(36)21-12-24(41-9-1-7-31)15-25(13-21)42-10-2-8-32/h3-6,11-16,34H,1-2,7-10,18,31-32H2,(H,35,36)(H,37,38)/p+1. The lowest BCUT2D eigenvalue weighted by Gasteiger charge is -2.24. The van der Waals surface area contributed by atoms with Crippen LogP contribution in [0.3, 0.4) is 0 Å². The lowest BCUT2D eigenvalue weighted by atomic mass is 10.1. The number of nitriles is 1. The van der Waals surface area contributed by atoms with Crippen molar-refractivity contribution in [3.63, 3.8) is 0 Å². The van der Waals surface area contributed by atoms with E-state index in [1.54, 1.807) is 42.5 Å². The Kier molecular flexibility index (Phi) is 11.7. The van der Waals surface area contributed by atoms with Gasteiger partial charge in [-0.25, -0.2) is 17.5 Å². The maximum Gasteiger partial charge on any atom is 0.255 e. The summed E-state index contributed by atoms with van der Waals surface area (Å²) in [4.78, 5) is 25.6. The first-order valence-electron chi connectivity index (χ1n) is 14.0. The Bertz CT molecular complexity index is 1890. The van der Waals surface area contributed by atoms with E-state index in [4.69, 9.17) is 19.3 Å². The monoisotopic (exact) mass is 692 g/mol. The SMILES string of the molecule is N#Cc1ccc(OP(=O)([O-])CNS(=O)(=O)c2cc3cc(NC(=O)c4cc(OCCC[NH3+])cc(OCCC[NH3+])c4)ccc3s2)cc1F. The number of carbonyl (C=O) groups excluding carboxylic acids is 1. The second-order valence-electron chi connectivity index (χ2n) is 9.84. The second-order valence-corrected chi connectivity index (χ2v) is 14.6. The van der Waals surface area contributed by atoms with Crippen molar-refractivity contribution < 1.29 is 52.5 Å². The number of hydrogen-bond donors (Lipinski definition) is 4. The van der Waals surface area contributed by atoms with E-state index in [0.29, 0.717) is 65.2 Å². The molecule has 0 bridgehead atoms. The Labute approximate surface area is 268 Å². The first-order valence-corrected chi connectivity index (χ1v) is 18.0. The van der Waals surface area contributed by atoms with Crippen molar-refractivity contribution >= 4 is 50.6 Å². The summed E-state index contributed by atoms with van der Waals surface area (Å²) in [5.41, 5.74) is 7.97. The molecule has 1 atom stereocenters. The molecule has 13 nitrogen and oxygen atoms in total. The van der Waals surface area contributed by atoms with Crippen molar-refractivity contribution in [2.75, 3.05) is 37.9 Å². The number of rotatable bonds is 16. The van der Waals surface area contributed by atoms with Gasteiger partial charge in [0.25, 0.3) is 15.9 Å². The number of carbonyl (C=O) groups is 1. The number of nitrogens with one attached hydrogen (secondary N) is 2. The van der Waals surface area contributed by atoms with Crippen LogP contribution >= 0.6 is 18.9 Å². The van der Waals surface area contributed by atoms with Crippen LogP contribution in [0, 0.1) is 17.1 Å². The van der Waals surface area contributed by atoms with Crippen molar-refractivity contribution in [3.8, 4) is 23.3 Å². The molecule has 46 heavy (non-hydrogen) atoms. The van der Waals surface area contributed by atoms with E-state index in [2.05, 4.69) is 16.8 Å². The van der Waals surface area contributed by atoms with Gasteiger partial charge in [-0.15, -0.1) is 11.3 Å². The number of thiophene rings is 1. The minimum Gasteiger partial charge on any atom is -0.768 e. The predicted octanol–water partition coefficient (Wildman–Crippen LogP) is 2.05. The van der Waals surface area contributed by atoms with Gasteiger partial charge in [0.2, 0.25) is 0 Å². The topological polar surface area (TPSA) is 222 Å². The highest BCUT2D eigenvalue weighted by molar-refractivity contribution is 7.92. The lowest BCUT2D eigenvalue weighted by molar-refractivity contribution is -0.369. The summed E-state index contributed by atoms with van der Waals surface area (Å²) >= 11 is 0.894. The molecule has 0 aliphatic carbocycles. The zero-order valence-corrected chi connectivity index (χ0v) is 27.0. The summed E-state index contributed by atoms with van der Waals surface area (Å²) in [5, 5.41) is 12.1. The Balaban J connectivity index is 1.45. The molecule has 0 aliphatic rings. The molecule has 0 saturated heterocycles. The van der Waals surface area contributed by atoms with Crippen LogP contribution in [0.15, 0.2) is 64.9 Å². The van der Waals surface area contributed by atoms with E-state index in [1.165, 1.54) is 6.07 Å². The Hall–Kier alpha value is -4.07. The molecule has 1 heterocycles. The van der Waals surface area contributed by atoms with Gasteiger partial charge in [0, 0.05) is 40.9 Å². The van der Waals surface area contributed by atoms with E-state index in [-0.39, 0.29) is 9.77 Å². The average Bonchev–Trinajstić information content (AvgIpc) is 3.45. The largest absolute Gasteiger partial charge is 0.768 e. The molecule has 3 aromatic carbocycles. The maximum absolute atomic E-state index is 13.8. The van der Waals surface area contributed by atoms with Crippen LogP contribution in [0.5, 0.6) is 17.2 Å². The van der Waals surface area contributed by atoms with Crippen molar-refractivity contribution in [2.45, 2.75) is 17.1 Å². The third-order valence-electron chi connectivity index (χ3n) is 6.24. The molecular weight excluding hydrogens is 660 g/mol. The van der Waals surface area contributed by atoms with Gasteiger partial charge < -0.3 is 35.7 Å². The number of fused-ring (bicyclic) bond motifs is 1. The van der Waals surface area contributed by atoms with Crippen molar-refractivity contribution in [1.29, 1.82) is 5.26 Å². The number of halogens is 1. The van der Waals surface area contributed by atoms with Crippen LogP contribution in [-0.4, -0.2) is 46.9 Å². The van der Waals surface area contributed by atoms with Crippen molar-refractivity contribution in [3.05, 3.63) is 77.6 Å². The molecule has 4 aromatic rings. The summed E-state index contributed by atoms with van der Waals surface area (Å²) in [6.45, 7) is 2.26. The van der Waals surface area contributed by atoms with Gasteiger partial charge in [0.05, 0.1) is 38.2 Å². The Morgan fingerprint density at radius 3 is 2.26 bits per heavy atom. The number of hydrogen-bond acceptors (Lipinski definition) is 10. The highest BCUT2D eigenvalue weighted by Crippen LogP contribution is 2.38. The molecular formula is C29H32FN5O8PS2+. The van der Waals surface area contributed by atoms with E-state index in [0.717, 1.165) is 36.3 Å². The molecule has 4 rings (SSSR count). The molecule has 17 heteroatoms. The fraction of sp³-hybridized carbons (Fsp3) is 0.241. The average molecular weight is 693 g/mol. The molecule has 0 saturated carbocycles. The summed E-state index contributed by atoms with van der Waals surface area (Å²) in [6, 6.07) is 15.5. The lowest BCUT2D eigenvalue weighted by Crippen LogP contribution is -2.50. The van der Waals surface area contributed by atoms with Crippen LogP contribution in [0.1, 0.15) is 28.8 Å². The molecule has 0 spiro atoms. The molecule has 0 fully saturated rings. The van der Waals surface area contributed by atoms with Gasteiger partial charge in [-0.2, -0.15) is 5.26 Å². The third kappa shape index (κ3) is 9.47. The van der Waals surface area contributed by atoms with E-state index in [1.807, 2.05) is 4.72 Å². The summed E-state index contributed by atoms with van der Waals surface area (Å²) in [5.74, 6) is -0.890. The van der Waals surface area contributed by atoms with Gasteiger partial charge in [-0.1, -0.05) is 0 Å². The maximum atomic E-state index is 13.8. The van der Waals surface area contributed by atoms with E-state index >= 15 is 0 Å². The fourth-order valence-electron chi connectivity index (χ4n) is 3.96. The van der Waals surface area contributed by atoms with Gasteiger partial charge in [0.1, 0.15) is 33.3 Å². The van der Waals surface area contributed by atoms with E-state index < -0.39 is 41.4 Å². The molecule has 244 valence electrons. The predicted molar refractivity (Wildman–Crippen MR) is 166 cm³/mol. The normalized spacial score (nSPS) is 12.7. The van der Waals surface area contributed by atoms with Crippen molar-refractivity contribution in [2.24, 2.45) is 0 Å². The van der Waals surface area contributed by atoms with Crippen LogP contribution in [0.2, 0.25) is 0 Å². The second kappa shape index (κ2) is 15.5. The van der Waals surface area contributed by atoms with Gasteiger partial charge >= 0.3 is 0 Å². The number of nitrogens with zero attached hydrogens (tertiary/aromatic N) is 1. The number of benzene rings is 3. The summed E-state index contributed by atoms with van der Waals surface area (Å²) in [7, 11) is -9.14. The van der Waals surface area contributed by atoms with Crippen LogP contribution < -0.4 is 40.4 Å². The molecule has 1 unspecified atom stereocenters. The zero-order valence-electron chi connectivity index (χ0n) is 24.5. The third-order valence-corrected chi connectivity index (χ3v) is 10.5. The zero-order chi connectivity index (χ0) is 33.3. The van der Waals surface area contributed by atoms with Gasteiger partial charge in [0.15, 0.2) is 7.60 Å². The molecule has 8 N–H and O–H groups in total. The smallest absolute Gasteiger partial charge is 0.255 e. The number of anilines is 1. The van der Waals surface area contributed by atoms with Crippen LogP contribution in [0.25, 0.3) is 10.1 Å². The molecule has 0 radical (unpaired) electrons. The highest BCUT2D eigenvalue weighted by atomic mass is 32.2. The quantitative estimate of drug-likeness (QED) is 0.0995.